The van der Waals surface area contributed by atoms with Crippen molar-refractivity contribution >= 4 is 11.7 Å². The number of piperidine rings is 1. The number of nitrogens with two attached hydrogens (primary N) is 1. The lowest BCUT2D eigenvalue weighted by Gasteiger charge is -2.30. The lowest BCUT2D eigenvalue weighted by atomic mass is 10.1. The quantitative estimate of drug-likeness (QED) is 0.825. The zero-order valence-electron chi connectivity index (χ0n) is 10.7. The summed E-state index contributed by atoms with van der Waals surface area (Å²) in [7, 11) is 0. The second-order valence-electron chi connectivity index (χ2n) is 4.82. The highest BCUT2D eigenvalue weighted by atomic mass is 16.5. The van der Waals surface area contributed by atoms with E-state index in [1.165, 1.54) is 0 Å². The summed E-state index contributed by atoms with van der Waals surface area (Å²) >= 11 is 0. The zero-order chi connectivity index (χ0) is 13.0. The maximum Gasteiger partial charge on any atom is 0.226 e. The first-order chi connectivity index (χ1) is 8.63. The molecule has 1 aliphatic heterocycles. The first-order valence-electron chi connectivity index (χ1n) is 6.34. The number of carbonyl (C=O) groups excluding carboxylic acids is 1. The third kappa shape index (κ3) is 3.82. The summed E-state index contributed by atoms with van der Waals surface area (Å²) in [6.07, 6.45) is 2.66. The summed E-state index contributed by atoms with van der Waals surface area (Å²) in [5, 5.41) is 6.43. The van der Waals surface area contributed by atoms with Crippen molar-refractivity contribution in [1.29, 1.82) is 0 Å². The molecule has 2 rings (SSSR count). The van der Waals surface area contributed by atoms with Gasteiger partial charge in [0.1, 0.15) is 5.76 Å². The number of aromatic nitrogens is 1. The van der Waals surface area contributed by atoms with Crippen molar-refractivity contribution in [2.24, 2.45) is 5.73 Å². The van der Waals surface area contributed by atoms with Crippen LogP contribution < -0.4 is 11.1 Å². The van der Waals surface area contributed by atoms with Gasteiger partial charge in [0.05, 0.1) is 0 Å². The van der Waals surface area contributed by atoms with Crippen LogP contribution in [0.3, 0.4) is 0 Å². The second kappa shape index (κ2) is 5.97. The molecular formula is C12H20N4O2. The third-order valence-electron chi connectivity index (χ3n) is 3.09. The van der Waals surface area contributed by atoms with Gasteiger partial charge < -0.3 is 20.5 Å². The van der Waals surface area contributed by atoms with E-state index in [9.17, 15) is 4.79 Å². The molecule has 1 saturated heterocycles. The van der Waals surface area contributed by atoms with Crippen LogP contribution >= 0.6 is 0 Å². The molecule has 0 saturated carbocycles. The van der Waals surface area contributed by atoms with Crippen LogP contribution in [0.4, 0.5) is 5.82 Å². The van der Waals surface area contributed by atoms with Crippen molar-refractivity contribution in [3.63, 3.8) is 0 Å². The Morgan fingerprint density at radius 1 is 1.72 bits per heavy atom. The van der Waals surface area contributed by atoms with Crippen LogP contribution in [-0.2, 0) is 4.79 Å². The predicted molar refractivity (Wildman–Crippen MR) is 68.1 cm³/mol. The van der Waals surface area contributed by atoms with Gasteiger partial charge in [-0.3, -0.25) is 4.79 Å². The molecule has 100 valence electrons. The number of hydrogen-bond acceptors (Lipinski definition) is 5. The standard InChI is InChI=1S/C12H20N4O2/c1-9-7-11(15-18-9)14-12(17)4-6-16-5-2-3-10(13)8-16/h7,10H,2-6,8,13H2,1H3,(H,14,15,17). The highest BCUT2D eigenvalue weighted by Crippen LogP contribution is 2.10. The first-order valence-corrected chi connectivity index (χ1v) is 6.34. The van der Waals surface area contributed by atoms with Gasteiger partial charge in [-0.25, -0.2) is 0 Å². The van der Waals surface area contributed by atoms with Crippen molar-refractivity contribution < 1.29 is 9.32 Å². The highest BCUT2D eigenvalue weighted by molar-refractivity contribution is 5.89. The number of hydrogen-bond donors (Lipinski definition) is 2. The molecule has 1 unspecified atom stereocenters. The maximum absolute atomic E-state index is 11.7. The third-order valence-corrected chi connectivity index (χ3v) is 3.09. The number of nitrogens with zero attached hydrogens (tertiary/aromatic N) is 2. The molecule has 1 atom stereocenters. The van der Waals surface area contributed by atoms with E-state index in [1.807, 2.05) is 0 Å². The van der Waals surface area contributed by atoms with E-state index in [1.54, 1.807) is 13.0 Å². The van der Waals surface area contributed by atoms with Gasteiger partial charge in [0.15, 0.2) is 5.82 Å². The summed E-state index contributed by atoms with van der Waals surface area (Å²) in [5.41, 5.74) is 5.89. The molecule has 2 heterocycles. The van der Waals surface area contributed by atoms with Gasteiger partial charge in [-0.1, -0.05) is 5.16 Å². The Balaban J connectivity index is 1.71. The molecule has 6 nitrogen and oxygen atoms in total. The van der Waals surface area contributed by atoms with E-state index in [4.69, 9.17) is 10.3 Å². The molecule has 0 spiro atoms. The molecule has 18 heavy (non-hydrogen) atoms. The molecule has 1 amide bonds. The van der Waals surface area contributed by atoms with Gasteiger partial charge in [0, 0.05) is 31.6 Å². The normalized spacial score (nSPS) is 20.9. The van der Waals surface area contributed by atoms with Gasteiger partial charge in [0.25, 0.3) is 0 Å². The SMILES string of the molecule is Cc1cc(NC(=O)CCN2CCCC(N)C2)no1. The molecule has 3 N–H and O–H groups in total. The largest absolute Gasteiger partial charge is 0.360 e. The Hall–Kier alpha value is -1.40. The van der Waals surface area contributed by atoms with Crippen LogP contribution in [-0.4, -0.2) is 41.6 Å². The molecule has 1 aromatic heterocycles. The smallest absolute Gasteiger partial charge is 0.226 e. The van der Waals surface area contributed by atoms with Crippen molar-refractivity contribution in [1.82, 2.24) is 10.1 Å². The van der Waals surface area contributed by atoms with E-state index in [0.29, 0.717) is 18.0 Å². The second-order valence-corrected chi connectivity index (χ2v) is 4.82. The number of likely N-dealkylation sites (tertiary alicyclic amines) is 1. The Kier molecular flexibility index (Phi) is 4.33. The van der Waals surface area contributed by atoms with Crippen LogP contribution in [0.15, 0.2) is 10.6 Å². The van der Waals surface area contributed by atoms with E-state index in [2.05, 4.69) is 15.4 Å². The van der Waals surface area contributed by atoms with Crippen molar-refractivity contribution in [3.05, 3.63) is 11.8 Å². The number of rotatable bonds is 4. The predicted octanol–water partition coefficient (Wildman–Crippen LogP) is 0.735. The number of anilines is 1. The van der Waals surface area contributed by atoms with Gasteiger partial charge in [-0.2, -0.15) is 0 Å². The Labute approximate surface area is 106 Å². The van der Waals surface area contributed by atoms with Gasteiger partial charge in [-0.05, 0) is 26.3 Å². The summed E-state index contributed by atoms with van der Waals surface area (Å²) in [6, 6.07) is 1.95. The van der Waals surface area contributed by atoms with Gasteiger partial charge in [0.2, 0.25) is 5.91 Å². The zero-order valence-corrected chi connectivity index (χ0v) is 10.7. The number of nitrogens with one attached hydrogen (secondary N) is 1. The van der Waals surface area contributed by atoms with Crippen LogP contribution in [0.2, 0.25) is 0 Å². The molecule has 0 radical (unpaired) electrons. The van der Waals surface area contributed by atoms with E-state index in [0.717, 1.165) is 32.5 Å². The molecule has 6 heteroatoms. The minimum absolute atomic E-state index is 0.0394. The molecule has 0 aromatic carbocycles. The van der Waals surface area contributed by atoms with Crippen LogP contribution in [0.5, 0.6) is 0 Å². The molecule has 0 aliphatic carbocycles. The average molecular weight is 252 g/mol. The number of carbonyl (C=O) groups is 1. The molecule has 0 bridgehead atoms. The van der Waals surface area contributed by atoms with Crippen molar-refractivity contribution in [3.8, 4) is 0 Å². The number of aryl methyl sites for hydroxylation is 1. The topological polar surface area (TPSA) is 84.4 Å². The highest BCUT2D eigenvalue weighted by Gasteiger charge is 2.17. The van der Waals surface area contributed by atoms with Crippen molar-refractivity contribution in [2.75, 3.05) is 25.0 Å². The summed E-state index contributed by atoms with van der Waals surface area (Å²) in [6.45, 7) is 4.45. The minimum Gasteiger partial charge on any atom is -0.360 e. The monoisotopic (exact) mass is 252 g/mol. The molecule has 1 aliphatic rings. The van der Waals surface area contributed by atoms with Crippen LogP contribution in [0.25, 0.3) is 0 Å². The molecule has 1 fully saturated rings. The van der Waals surface area contributed by atoms with Gasteiger partial charge >= 0.3 is 0 Å². The van der Waals surface area contributed by atoms with Crippen LogP contribution in [0, 0.1) is 6.92 Å². The Morgan fingerprint density at radius 3 is 3.22 bits per heavy atom. The Morgan fingerprint density at radius 2 is 2.56 bits per heavy atom. The molecule has 1 aromatic rings. The minimum atomic E-state index is -0.0394. The van der Waals surface area contributed by atoms with Crippen LogP contribution in [0.1, 0.15) is 25.0 Å². The van der Waals surface area contributed by atoms with E-state index in [-0.39, 0.29) is 11.9 Å². The molecular weight excluding hydrogens is 232 g/mol. The lowest BCUT2D eigenvalue weighted by Crippen LogP contribution is -2.43. The lowest BCUT2D eigenvalue weighted by molar-refractivity contribution is -0.116. The summed E-state index contributed by atoms with van der Waals surface area (Å²) in [4.78, 5) is 13.9. The fourth-order valence-electron chi connectivity index (χ4n) is 2.18. The van der Waals surface area contributed by atoms with E-state index < -0.39 is 0 Å². The fraction of sp³-hybridized carbons (Fsp3) is 0.667. The van der Waals surface area contributed by atoms with Gasteiger partial charge in [-0.15, -0.1) is 0 Å². The van der Waals surface area contributed by atoms with Crippen molar-refractivity contribution in [2.45, 2.75) is 32.2 Å². The number of amides is 1. The summed E-state index contributed by atoms with van der Waals surface area (Å²) in [5.74, 6) is 1.13. The average Bonchev–Trinajstić information content (AvgIpc) is 2.72. The maximum atomic E-state index is 11.7. The van der Waals surface area contributed by atoms with E-state index >= 15 is 0 Å². The first kappa shape index (κ1) is 13.0. The Bertz CT molecular complexity index is 405. The summed E-state index contributed by atoms with van der Waals surface area (Å²) < 4.78 is 4.88. The fourth-order valence-corrected chi connectivity index (χ4v) is 2.18.